The Balaban J connectivity index is 0.941. The van der Waals surface area contributed by atoms with Gasteiger partial charge in [-0.3, -0.25) is 29.5 Å². The zero-order valence-corrected chi connectivity index (χ0v) is 25.3. The summed E-state index contributed by atoms with van der Waals surface area (Å²) in [5, 5.41) is 3.17. The number of rotatable bonds is 6. The highest BCUT2D eigenvalue weighted by Crippen LogP contribution is 2.46. The van der Waals surface area contributed by atoms with Crippen LogP contribution in [-0.4, -0.2) is 71.2 Å². The van der Waals surface area contributed by atoms with Crippen molar-refractivity contribution in [3.8, 4) is 0 Å². The number of nitrogens with one attached hydrogen (secondary N) is 1. The molecule has 0 aromatic heterocycles. The monoisotopic (exact) mass is 586 g/mol. The second-order valence-corrected chi connectivity index (χ2v) is 14.5. The maximum absolute atomic E-state index is 13.0. The number of fused-ring (bicyclic) bond motifs is 1. The lowest BCUT2D eigenvalue weighted by molar-refractivity contribution is -0.136. The summed E-state index contributed by atoms with van der Waals surface area (Å²) in [6, 6.07) is 13.9. The molecular formula is C34H39ClN4O3. The van der Waals surface area contributed by atoms with Crippen molar-refractivity contribution in [2.24, 2.45) is 10.8 Å². The van der Waals surface area contributed by atoms with Crippen LogP contribution in [0.1, 0.15) is 73.0 Å². The minimum Gasteiger partial charge on any atom is -0.322 e. The van der Waals surface area contributed by atoms with Crippen LogP contribution in [0.15, 0.2) is 48.0 Å². The predicted octanol–water partition coefficient (Wildman–Crippen LogP) is 4.88. The molecule has 220 valence electrons. The van der Waals surface area contributed by atoms with E-state index in [1.165, 1.54) is 29.5 Å². The molecule has 2 aromatic carbocycles. The average molecular weight is 587 g/mol. The standard InChI is InChI=1S/C34H39ClN4O3/c1-33(2)12-11-24(28(14-33)23-4-6-26(35)7-5-23)16-38-20-34(21-38)18-37(19-34)15-22-3-8-27-25(13-22)17-39(32(27)42)29-9-10-30(40)36-31(29)41/h3-8,13,29H,9-12,14-21H2,1-2H3,(H,36,40,41). The average Bonchev–Trinajstić information content (AvgIpc) is 3.22. The number of carbonyl (C=O) groups excluding carboxylic acids is 3. The third-order valence-electron chi connectivity index (χ3n) is 10.0. The van der Waals surface area contributed by atoms with Crippen LogP contribution in [0.2, 0.25) is 5.02 Å². The van der Waals surface area contributed by atoms with Crippen molar-refractivity contribution in [1.29, 1.82) is 0 Å². The zero-order valence-electron chi connectivity index (χ0n) is 24.5. The molecule has 1 aliphatic carbocycles. The lowest BCUT2D eigenvalue weighted by Crippen LogP contribution is -2.71. The zero-order chi connectivity index (χ0) is 29.2. The summed E-state index contributed by atoms with van der Waals surface area (Å²) in [4.78, 5) is 43.7. The summed E-state index contributed by atoms with van der Waals surface area (Å²) >= 11 is 6.18. The number of nitrogens with zero attached hydrogens (tertiary/aromatic N) is 3. The van der Waals surface area contributed by atoms with Gasteiger partial charge >= 0.3 is 0 Å². The van der Waals surface area contributed by atoms with E-state index in [9.17, 15) is 14.4 Å². The van der Waals surface area contributed by atoms with Gasteiger partial charge in [-0.25, -0.2) is 0 Å². The molecule has 0 saturated carbocycles. The molecule has 2 aromatic rings. The van der Waals surface area contributed by atoms with E-state index in [1.54, 1.807) is 10.5 Å². The molecule has 4 heterocycles. The minimum absolute atomic E-state index is 0.112. The van der Waals surface area contributed by atoms with E-state index < -0.39 is 6.04 Å². The van der Waals surface area contributed by atoms with Gasteiger partial charge in [0, 0.05) is 68.2 Å². The van der Waals surface area contributed by atoms with E-state index in [0.29, 0.717) is 29.4 Å². The Labute approximate surface area is 252 Å². The molecule has 7 nitrogen and oxygen atoms in total. The van der Waals surface area contributed by atoms with Crippen LogP contribution in [0.25, 0.3) is 5.57 Å². The smallest absolute Gasteiger partial charge is 0.255 e. The van der Waals surface area contributed by atoms with Crippen molar-refractivity contribution in [3.63, 3.8) is 0 Å². The fourth-order valence-corrected chi connectivity index (χ4v) is 8.07. The maximum Gasteiger partial charge on any atom is 0.255 e. The van der Waals surface area contributed by atoms with Crippen LogP contribution in [0.5, 0.6) is 0 Å². The topological polar surface area (TPSA) is 73.0 Å². The minimum atomic E-state index is -0.569. The van der Waals surface area contributed by atoms with Crippen molar-refractivity contribution < 1.29 is 14.4 Å². The first-order valence-corrected chi connectivity index (χ1v) is 15.6. The van der Waals surface area contributed by atoms with Gasteiger partial charge in [0.2, 0.25) is 11.8 Å². The lowest BCUT2D eigenvalue weighted by atomic mass is 9.70. The molecule has 5 aliphatic rings. The van der Waals surface area contributed by atoms with E-state index in [4.69, 9.17) is 11.6 Å². The number of hydrogen-bond acceptors (Lipinski definition) is 5. The van der Waals surface area contributed by atoms with Crippen LogP contribution in [-0.2, 0) is 22.7 Å². The van der Waals surface area contributed by atoms with E-state index in [-0.39, 0.29) is 24.1 Å². The van der Waals surface area contributed by atoms with Gasteiger partial charge in [-0.2, -0.15) is 0 Å². The Morgan fingerprint density at radius 2 is 1.64 bits per heavy atom. The first kappa shape index (κ1) is 27.8. The van der Waals surface area contributed by atoms with Crippen molar-refractivity contribution >= 4 is 34.9 Å². The SMILES string of the molecule is CC1(C)CCC(CN2CC3(C2)CN(Cc2ccc4c(c2)CN(C2CCC(=O)NC2=O)C4=O)C3)=C(c2ccc(Cl)cc2)C1. The predicted molar refractivity (Wildman–Crippen MR) is 163 cm³/mol. The van der Waals surface area contributed by atoms with Crippen LogP contribution >= 0.6 is 11.6 Å². The van der Waals surface area contributed by atoms with Gasteiger partial charge in [-0.15, -0.1) is 0 Å². The molecule has 3 saturated heterocycles. The van der Waals surface area contributed by atoms with Gasteiger partial charge in [0.15, 0.2) is 0 Å². The molecule has 4 aliphatic heterocycles. The largest absolute Gasteiger partial charge is 0.322 e. The maximum atomic E-state index is 13.0. The molecule has 42 heavy (non-hydrogen) atoms. The molecule has 0 bridgehead atoms. The summed E-state index contributed by atoms with van der Waals surface area (Å²) in [6.45, 7) is 11.7. The van der Waals surface area contributed by atoms with E-state index in [1.807, 2.05) is 18.2 Å². The van der Waals surface area contributed by atoms with Gasteiger partial charge < -0.3 is 4.90 Å². The van der Waals surface area contributed by atoms with Gasteiger partial charge in [-0.1, -0.05) is 55.3 Å². The fraction of sp³-hybridized carbons (Fsp3) is 0.500. The number of hydrogen-bond donors (Lipinski definition) is 1. The first-order chi connectivity index (χ1) is 20.1. The highest BCUT2D eigenvalue weighted by molar-refractivity contribution is 6.30. The van der Waals surface area contributed by atoms with Gasteiger partial charge in [0.1, 0.15) is 6.04 Å². The van der Waals surface area contributed by atoms with Crippen LogP contribution < -0.4 is 5.32 Å². The molecule has 1 N–H and O–H groups in total. The van der Waals surface area contributed by atoms with Gasteiger partial charge in [0.25, 0.3) is 5.91 Å². The number of piperidine rings is 1. The summed E-state index contributed by atoms with van der Waals surface area (Å²) in [6.07, 6.45) is 4.19. The molecular weight excluding hydrogens is 548 g/mol. The van der Waals surface area contributed by atoms with E-state index in [0.717, 1.165) is 56.3 Å². The molecule has 1 atom stereocenters. The molecule has 3 fully saturated rings. The summed E-state index contributed by atoms with van der Waals surface area (Å²) in [5.74, 6) is -0.736. The fourth-order valence-electron chi connectivity index (χ4n) is 7.95. The van der Waals surface area contributed by atoms with Crippen LogP contribution in [0.4, 0.5) is 0 Å². The molecule has 3 amide bonds. The highest BCUT2D eigenvalue weighted by atomic mass is 35.5. The second-order valence-electron chi connectivity index (χ2n) is 14.1. The Hall–Kier alpha value is -3.00. The number of allylic oxidation sites excluding steroid dienone is 1. The summed E-state index contributed by atoms with van der Waals surface area (Å²) in [7, 11) is 0. The highest BCUT2D eigenvalue weighted by Gasteiger charge is 2.51. The van der Waals surface area contributed by atoms with E-state index in [2.05, 4.69) is 53.2 Å². The number of likely N-dealkylation sites (tertiary alicyclic amines) is 2. The molecule has 1 spiro atoms. The second kappa shape index (κ2) is 10.3. The first-order valence-electron chi connectivity index (χ1n) is 15.2. The third kappa shape index (κ3) is 5.20. The van der Waals surface area contributed by atoms with Crippen molar-refractivity contribution in [2.45, 2.75) is 65.1 Å². The van der Waals surface area contributed by atoms with E-state index >= 15 is 0 Å². The summed E-state index contributed by atoms with van der Waals surface area (Å²) < 4.78 is 0. The molecule has 1 unspecified atom stereocenters. The molecule has 0 radical (unpaired) electrons. The van der Waals surface area contributed by atoms with Crippen LogP contribution in [0, 0.1) is 10.8 Å². The van der Waals surface area contributed by atoms with Crippen LogP contribution in [0.3, 0.4) is 0 Å². The number of carbonyl (C=O) groups is 3. The van der Waals surface area contributed by atoms with Crippen molar-refractivity contribution in [2.75, 3.05) is 32.7 Å². The Morgan fingerprint density at radius 3 is 2.36 bits per heavy atom. The van der Waals surface area contributed by atoms with Gasteiger partial charge in [0.05, 0.1) is 0 Å². The molecule has 8 heteroatoms. The third-order valence-corrected chi connectivity index (χ3v) is 10.3. The summed E-state index contributed by atoms with van der Waals surface area (Å²) in [5.41, 5.74) is 8.04. The quantitative estimate of drug-likeness (QED) is 0.488. The van der Waals surface area contributed by atoms with Crippen molar-refractivity contribution in [3.05, 3.63) is 75.3 Å². The number of halogens is 1. The number of amides is 3. The van der Waals surface area contributed by atoms with Gasteiger partial charge in [-0.05, 0) is 71.6 Å². The normalized spacial score (nSPS) is 25.4. The molecule has 7 rings (SSSR count). The Kier molecular flexibility index (Phi) is 6.83. The Morgan fingerprint density at radius 1 is 0.929 bits per heavy atom. The number of imide groups is 1. The van der Waals surface area contributed by atoms with Crippen molar-refractivity contribution in [1.82, 2.24) is 20.0 Å². The number of benzene rings is 2. The lowest BCUT2D eigenvalue weighted by Gasteiger charge is -2.61. The Bertz CT molecular complexity index is 1480.